The molecule has 18 heavy (non-hydrogen) atoms. The van der Waals surface area contributed by atoms with Crippen LogP contribution in [-0.2, 0) is 6.42 Å². The molecule has 0 aromatic carbocycles. The number of hydrogen-bond acceptors (Lipinski definition) is 7. The smallest absolute Gasteiger partial charge is 0.277 e. The van der Waals surface area contributed by atoms with Crippen LogP contribution in [0.4, 0.5) is 5.13 Å². The number of hydrogen-bond donors (Lipinski definition) is 1. The molecule has 6 nitrogen and oxygen atoms in total. The number of nitrogens with two attached hydrogens (primary N) is 1. The van der Waals surface area contributed by atoms with E-state index < -0.39 is 0 Å². The molecule has 0 aliphatic rings. The van der Waals surface area contributed by atoms with Gasteiger partial charge in [-0.1, -0.05) is 11.2 Å². The van der Waals surface area contributed by atoms with Crippen LogP contribution in [0.2, 0.25) is 0 Å². The quantitative estimate of drug-likeness (QED) is 0.770. The predicted molar refractivity (Wildman–Crippen MR) is 66.9 cm³/mol. The maximum absolute atomic E-state index is 5.56. The number of pyridine rings is 1. The van der Waals surface area contributed by atoms with Gasteiger partial charge in [0, 0.05) is 24.2 Å². The normalized spacial score (nSPS) is 10.7. The summed E-state index contributed by atoms with van der Waals surface area (Å²) in [6, 6.07) is 3.83. The average Bonchev–Trinajstić information content (AvgIpc) is 2.99. The van der Waals surface area contributed by atoms with Crippen LogP contribution < -0.4 is 5.73 Å². The number of nitrogens with zero attached hydrogens (tertiary/aromatic N) is 4. The molecule has 0 bridgehead atoms. The maximum Gasteiger partial charge on any atom is 0.277 e. The first-order valence-corrected chi connectivity index (χ1v) is 6.12. The van der Waals surface area contributed by atoms with Crippen molar-refractivity contribution >= 4 is 16.5 Å². The molecule has 0 spiro atoms. The molecule has 0 amide bonds. The van der Waals surface area contributed by atoms with Crippen molar-refractivity contribution < 1.29 is 4.52 Å². The molecule has 0 fully saturated rings. The van der Waals surface area contributed by atoms with E-state index in [2.05, 4.69) is 20.1 Å². The van der Waals surface area contributed by atoms with E-state index >= 15 is 0 Å². The molecule has 0 saturated heterocycles. The van der Waals surface area contributed by atoms with Crippen molar-refractivity contribution in [2.45, 2.75) is 6.42 Å². The molecular weight excluding hydrogens is 250 g/mol. The Balaban J connectivity index is 1.82. The number of aromatic nitrogens is 4. The van der Waals surface area contributed by atoms with Gasteiger partial charge in [0.1, 0.15) is 5.69 Å². The molecular formula is C11H9N5OS. The summed E-state index contributed by atoms with van der Waals surface area (Å²) in [6.07, 6.45) is 4.08. The van der Waals surface area contributed by atoms with Crippen molar-refractivity contribution in [3.63, 3.8) is 0 Å². The van der Waals surface area contributed by atoms with Crippen molar-refractivity contribution in [3.8, 4) is 11.6 Å². The van der Waals surface area contributed by atoms with Crippen LogP contribution >= 0.6 is 11.3 Å². The summed E-state index contributed by atoms with van der Waals surface area (Å²) in [5.41, 5.74) is 7.20. The van der Waals surface area contributed by atoms with Gasteiger partial charge >= 0.3 is 0 Å². The Morgan fingerprint density at radius 1 is 1.33 bits per heavy atom. The number of anilines is 1. The molecule has 0 radical (unpaired) electrons. The Morgan fingerprint density at radius 2 is 2.28 bits per heavy atom. The largest absolute Gasteiger partial charge is 0.375 e. The van der Waals surface area contributed by atoms with Gasteiger partial charge in [0.15, 0.2) is 11.0 Å². The first-order valence-electron chi connectivity index (χ1n) is 5.24. The highest BCUT2D eigenvalue weighted by atomic mass is 32.1. The molecule has 0 aliphatic carbocycles. The van der Waals surface area contributed by atoms with E-state index in [9.17, 15) is 0 Å². The van der Waals surface area contributed by atoms with E-state index in [1.807, 2.05) is 12.1 Å². The van der Waals surface area contributed by atoms with Crippen LogP contribution in [0.25, 0.3) is 11.6 Å². The SMILES string of the molecule is Nc1nc(-c2nc(Cc3cccnc3)no2)cs1. The Labute approximate surface area is 107 Å². The minimum absolute atomic E-state index is 0.391. The van der Waals surface area contributed by atoms with Crippen molar-refractivity contribution in [2.24, 2.45) is 0 Å². The van der Waals surface area contributed by atoms with Crippen molar-refractivity contribution in [1.29, 1.82) is 0 Å². The summed E-state index contributed by atoms with van der Waals surface area (Å²) in [7, 11) is 0. The summed E-state index contributed by atoms with van der Waals surface area (Å²) in [6.45, 7) is 0. The molecule has 3 rings (SSSR count). The van der Waals surface area contributed by atoms with Gasteiger partial charge in [0.05, 0.1) is 0 Å². The molecule has 7 heteroatoms. The molecule has 3 aromatic rings. The lowest BCUT2D eigenvalue weighted by molar-refractivity contribution is 0.423. The lowest BCUT2D eigenvalue weighted by Crippen LogP contribution is -1.91. The van der Waals surface area contributed by atoms with Crippen LogP contribution in [0, 0.1) is 0 Å². The predicted octanol–water partition coefficient (Wildman–Crippen LogP) is 1.76. The van der Waals surface area contributed by atoms with Gasteiger partial charge in [0.2, 0.25) is 0 Å². The van der Waals surface area contributed by atoms with Gasteiger partial charge in [0.25, 0.3) is 5.89 Å². The fourth-order valence-corrected chi connectivity index (χ4v) is 2.04. The zero-order valence-electron chi connectivity index (χ0n) is 9.28. The third-order valence-corrected chi connectivity index (χ3v) is 2.97. The third-order valence-electron chi connectivity index (χ3n) is 2.29. The van der Waals surface area contributed by atoms with Crippen LogP contribution in [-0.4, -0.2) is 20.1 Å². The highest BCUT2D eigenvalue weighted by Crippen LogP contribution is 2.21. The highest BCUT2D eigenvalue weighted by Gasteiger charge is 2.12. The lowest BCUT2D eigenvalue weighted by atomic mass is 10.2. The molecule has 3 heterocycles. The van der Waals surface area contributed by atoms with Crippen LogP contribution in [0.5, 0.6) is 0 Å². The van der Waals surface area contributed by atoms with E-state index in [1.165, 1.54) is 11.3 Å². The first-order chi connectivity index (χ1) is 8.81. The first kappa shape index (κ1) is 10.8. The molecule has 0 saturated carbocycles. The van der Waals surface area contributed by atoms with Gasteiger partial charge in [-0.15, -0.1) is 11.3 Å². The van der Waals surface area contributed by atoms with Gasteiger partial charge in [-0.2, -0.15) is 4.98 Å². The Kier molecular flexibility index (Phi) is 2.73. The molecule has 0 aliphatic heterocycles. The summed E-state index contributed by atoms with van der Waals surface area (Å²) in [5, 5.41) is 6.18. The average molecular weight is 259 g/mol. The zero-order chi connectivity index (χ0) is 12.4. The molecule has 0 unspecified atom stereocenters. The minimum atomic E-state index is 0.391. The van der Waals surface area contributed by atoms with Crippen molar-refractivity contribution in [2.75, 3.05) is 5.73 Å². The Morgan fingerprint density at radius 3 is 3.00 bits per heavy atom. The van der Waals surface area contributed by atoms with Crippen LogP contribution in [0.15, 0.2) is 34.4 Å². The second-order valence-electron chi connectivity index (χ2n) is 3.62. The Bertz CT molecular complexity index is 648. The molecule has 3 aromatic heterocycles. The van der Waals surface area contributed by atoms with Gasteiger partial charge in [-0.25, -0.2) is 4.98 Å². The van der Waals surface area contributed by atoms with Gasteiger partial charge in [-0.05, 0) is 11.6 Å². The lowest BCUT2D eigenvalue weighted by Gasteiger charge is -1.93. The summed E-state index contributed by atoms with van der Waals surface area (Å²) in [4.78, 5) is 12.4. The van der Waals surface area contributed by atoms with Crippen molar-refractivity contribution in [3.05, 3.63) is 41.3 Å². The summed E-state index contributed by atoms with van der Waals surface area (Å²) >= 11 is 1.34. The Hall–Kier alpha value is -2.28. The van der Waals surface area contributed by atoms with E-state index in [4.69, 9.17) is 10.3 Å². The van der Waals surface area contributed by atoms with Gasteiger partial charge in [-0.3, -0.25) is 4.98 Å². The highest BCUT2D eigenvalue weighted by molar-refractivity contribution is 7.13. The fourth-order valence-electron chi connectivity index (χ4n) is 1.50. The maximum atomic E-state index is 5.56. The number of rotatable bonds is 3. The monoisotopic (exact) mass is 259 g/mol. The summed E-state index contributed by atoms with van der Waals surface area (Å²) < 4.78 is 5.14. The van der Waals surface area contributed by atoms with Crippen LogP contribution in [0.1, 0.15) is 11.4 Å². The zero-order valence-corrected chi connectivity index (χ0v) is 10.1. The second kappa shape index (κ2) is 4.53. The van der Waals surface area contributed by atoms with E-state index in [0.29, 0.717) is 29.0 Å². The molecule has 0 atom stereocenters. The topological polar surface area (TPSA) is 90.7 Å². The summed E-state index contributed by atoms with van der Waals surface area (Å²) in [5.74, 6) is 0.992. The number of thiazole rings is 1. The minimum Gasteiger partial charge on any atom is -0.375 e. The number of nitrogen functional groups attached to an aromatic ring is 1. The second-order valence-corrected chi connectivity index (χ2v) is 4.51. The fraction of sp³-hybridized carbons (Fsp3) is 0.0909. The third kappa shape index (κ3) is 2.21. The van der Waals surface area contributed by atoms with E-state index in [-0.39, 0.29) is 0 Å². The standard InChI is InChI=1S/C11H9N5OS/c12-11-14-8(6-18-11)10-15-9(16-17-10)4-7-2-1-3-13-5-7/h1-3,5-6H,4H2,(H2,12,14). The molecule has 90 valence electrons. The van der Waals surface area contributed by atoms with Gasteiger partial charge < -0.3 is 10.3 Å². The van der Waals surface area contributed by atoms with E-state index in [1.54, 1.807) is 17.8 Å². The van der Waals surface area contributed by atoms with E-state index in [0.717, 1.165) is 5.56 Å². The molecule has 2 N–H and O–H groups in total. The van der Waals surface area contributed by atoms with Crippen molar-refractivity contribution in [1.82, 2.24) is 20.1 Å². The van der Waals surface area contributed by atoms with Crippen LogP contribution in [0.3, 0.4) is 0 Å².